The smallest absolute Gasteiger partial charge is 0.272 e. The lowest BCUT2D eigenvalue weighted by molar-refractivity contribution is -0.137. The topological polar surface area (TPSA) is 102 Å². The second-order valence-corrected chi connectivity index (χ2v) is 8.85. The highest BCUT2D eigenvalue weighted by Gasteiger charge is 2.38. The van der Waals surface area contributed by atoms with Crippen LogP contribution in [0.3, 0.4) is 0 Å². The predicted octanol–water partition coefficient (Wildman–Crippen LogP) is 2.46. The number of anilines is 1. The van der Waals surface area contributed by atoms with Crippen molar-refractivity contribution in [2.24, 2.45) is 5.92 Å². The number of H-pyrrole nitrogens is 1. The van der Waals surface area contributed by atoms with Crippen molar-refractivity contribution in [2.75, 3.05) is 37.6 Å². The molecule has 0 unspecified atom stereocenters. The number of hydrogen-bond acceptors (Lipinski definition) is 5. The molecule has 34 heavy (non-hydrogen) atoms. The van der Waals surface area contributed by atoms with Gasteiger partial charge in [-0.1, -0.05) is 17.7 Å². The van der Waals surface area contributed by atoms with Crippen LogP contribution in [0.25, 0.3) is 11.3 Å². The third kappa shape index (κ3) is 4.38. The Labute approximate surface area is 201 Å². The second-order valence-electron chi connectivity index (χ2n) is 8.41. The second kappa shape index (κ2) is 9.26. The van der Waals surface area contributed by atoms with Crippen LogP contribution in [0.2, 0.25) is 5.02 Å². The van der Waals surface area contributed by atoms with Gasteiger partial charge in [0.15, 0.2) is 0 Å². The summed E-state index contributed by atoms with van der Waals surface area (Å²) in [5.41, 5.74) is 2.58. The Morgan fingerprint density at radius 1 is 1.03 bits per heavy atom. The number of rotatable bonds is 4. The maximum absolute atomic E-state index is 13.1. The molecule has 5 rings (SSSR count). The van der Waals surface area contributed by atoms with E-state index in [4.69, 9.17) is 11.6 Å². The number of piperazine rings is 1. The molecule has 1 atom stereocenters. The van der Waals surface area contributed by atoms with Gasteiger partial charge in [-0.15, -0.1) is 0 Å². The van der Waals surface area contributed by atoms with Crippen molar-refractivity contribution >= 4 is 35.0 Å². The van der Waals surface area contributed by atoms with Crippen LogP contribution >= 0.6 is 11.6 Å². The van der Waals surface area contributed by atoms with Crippen molar-refractivity contribution in [1.29, 1.82) is 0 Å². The SMILES string of the molecule is O=C(c1cc(-c2cccnc2)n[nH]1)N1CCN(C(=O)[C@@H]2CC(=O)N(c3cccc(Cl)c3)C2)CC1. The van der Waals surface area contributed by atoms with E-state index in [9.17, 15) is 14.4 Å². The predicted molar refractivity (Wildman–Crippen MR) is 126 cm³/mol. The monoisotopic (exact) mass is 478 g/mol. The molecule has 2 aliphatic heterocycles. The molecule has 1 aromatic carbocycles. The Morgan fingerprint density at radius 3 is 2.56 bits per heavy atom. The van der Waals surface area contributed by atoms with E-state index in [1.54, 1.807) is 51.4 Å². The van der Waals surface area contributed by atoms with E-state index < -0.39 is 5.92 Å². The Kier molecular flexibility index (Phi) is 6.02. The minimum atomic E-state index is -0.400. The largest absolute Gasteiger partial charge is 0.339 e. The van der Waals surface area contributed by atoms with Crippen LogP contribution < -0.4 is 4.90 Å². The van der Waals surface area contributed by atoms with Crippen LogP contribution in [0.1, 0.15) is 16.9 Å². The molecule has 174 valence electrons. The normalized spacial score (nSPS) is 18.4. The quantitative estimate of drug-likeness (QED) is 0.620. The van der Waals surface area contributed by atoms with E-state index in [0.29, 0.717) is 54.8 Å². The molecule has 4 heterocycles. The highest BCUT2D eigenvalue weighted by atomic mass is 35.5. The average Bonchev–Trinajstić information content (AvgIpc) is 3.51. The van der Waals surface area contributed by atoms with Crippen molar-refractivity contribution < 1.29 is 14.4 Å². The van der Waals surface area contributed by atoms with Gasteiger partial charge in [-0.3, -0.25) is 24.5 Å². The Hall–Kier alpha value is -3.72. The fraction of sp³-hybridized carbons (Fsp3) is 0.292. The van der Waals surface area contributed by atoms with Crippen LogP contribution in [-0.4, -0.2) is 75.4 Å². The lowest BCUT2D eigenvalue weighted by Crippen LogP contribution is -2.52. The van der Waals surface area contributed by atoms with Crippen molar-refractivity contribution in [3.8, 4) is 11.3 Å². The maximum Gasteiger partial charge on any atom is 0.272 e. The van der Waals surface area contributed by atoms with Gasteiger partial charge < -0.3 is 14.7 Å². The molecule has 0 saturated carbocycles. The Morgan fingerprint density at radius 2 is 1.82 bits per heavy atom. The van der Waals surface area contributed by atoms with Crippen molar-refractivity contribution in [3.63, 3.8) is 0 Å². The minimum Gasteiger partial charge on any atom is -0.339 e. The molecular weight excluding hydrogens is 456 g/mol. The van der Waals surface area contributed by atoms with E-state index in [0.717, 1.165) is 5.56 Å². The Balaban J connectivity index is 1.18. The lowest BCUT2D eigenvalue weighted by atomic mass is 10.1. The van der Waals surface area contributed by atoms with Gasteiger partial charge in [-0.2, -0.15) is 5.10 Å². The standard InChI is InChI=1S/C24H23ClN6O3/c25-18-4-1-5-19(12-18)31-15-17(11-22(31)32)23(33)29-7-9-30(10-8-29)24(34)21-13-20(27-28-21)16-3-2-6-26-14-16/h1-6,12-14,17H,7-11,15H2,(H,27,28)/t17-/m1/s1. The molecule has 1 N–H and O–H groups in total. The third-order valence-electron chi connectivity index (χ3n) is 6.24. The number of aromatic amines is 1. The average molecular weight is 479 g/mol. The number of benzene rings is 1. The number of carbonyl (C=O) groups excluding carboxylic acids is 3. The van der Waals surface area contributed by atoms with Crippen molar-refractivity contribution in [2.45, 2.75) is 6.42 Å². The third-order valence-corrected chi connectivity index (χ3v) is 6.47. The van der Waals surface area contributed by atoms with E-state index in [-0.39, 0.29) is 24.1 Å². The first-order valence-electron chi connectivity index (χ1n) is 11.1. The van der Waals surface area contributed by atoms with Gasteiger partial charge in [0.05, 0.1) is 11.6 Å². The zero-order valence-corrected chi connectivity index (χ0v) is 19.1. The number of nitrogens with zero attached hydrogens (tertiary/aromatic N) is 5. The number of halogens is 1. The zero-order chi connectivity index (χ0) is 23.7. The molecule has 2 saturated heterocycles. The summed E-state index contributed by atoms with van der Waals surface area (Å²) in [5, 5.41) is 7.57. The Bertz CT molecular complexity index is 1220. The number of carbonyl (C=O) groups is 3. The molecule has 2 fully saturated rings. The number of nitrogens with one attached hydrogen (secondary N) is 1. The molecule has 2 aliphatic rings. The van der Waals surface area contributed by atoms with Crippen LogP contribution in [0, 0.1) is 5.92 Å². The summed E-state index contributed by atoms with van der Waals surface area (Å²) in [7, 11) is 0. The summed E-state index contributed by atoms with van der Waals surface area (Å²) < 4.78 is 0. The summed E-state index contributed by atoms with van der Waals surface area (Å²) in [4.78, 5) is 47.7. The first-order chi connectivity index (χ1) is 16.5. The van der Waals surface area contributed by atoms with Gasteiger partial charge in [-0.25, -0.2) is 0 Å². The number of amides is 3. The molecule has 3 aromatic rings. The molecule has 0 bridgehead atoms. The molecule has 0 spiro atoms. The molecule has 9 nitrogen and oxygen atoms in total. The van der Waals surface area contributed by atoms with Crippen molar-refractivity contribution in [3.05, 3.63) is 65.6 Å². The van der Waals surface area contributed by atoms with Gasteiger partial charge in [0.25, 0.3) is 5.91 Å². The first kappa shape index (κ1) is 22.1. The maximum atomic E-state index is 13.1. The van der Waals surface area contributed by atoms with Crippen LogP contribution in [0.5, 0.6) is 0 Å². The molecule has 0 aliphatic carbocycles. The summed E-state index contributed by atoms with van der Waals surface area (Å²) in [5.74, 6) is -0.690. The zero-order valence-electron chi connectivity index (χ0n) is 18.4. The summed E-state index contributed by atoms with van der Waals surface area (Å²) in [6, 6.07) is 12.5. The van der Waals surface area contributed by atoms with Gasteiger partial charge >= 0.3 is 0 Å². The molecule has 2 aromatic heterocycles. The van der Waals surface area contributed by atoms with Crippen molar-refractivity contribution in [1.82, 2.24) is 25.0 Å². The van der Waals surface area contributed by atoms with Gasteiger partial charge in [0, 0.05) is 67.8 Å². The highest BCUT2D eigenvalue weighted by molar-refractivity contribution is 6.31. The molecule has 0 radical (unpaired) electrons. The van der Waals surface area contributed by atoms with E-state index >= 15 is 0 Å². The first-order valence-corrected chi connectivity index (χ1v) is 11.5. The fourth-order valence-corrected chi connectivity index (χ4v) is 4.60. The van der Waals surface area contributed by atoms with Gasteiger partial charge in [0.1, 0.15) is 5.69 Å². The highest BCUT2D eigenvalue weighted by Crippen LogP contribution is 2.28. The van der Waals surface area contributed by atoms with E-state index in [1.165, 1.54) is 0 Å². The van der Waals surface area contributed by atoms with Crippen LogP contribution in [0.15, 0.2) is 54.9 Å². The molecular formula is C24H23ClN6O3. The number of hydrogen-bond donors (Lipinski definition) is 1. The number of pyridine rings is 1. The van der Waals surface area contributed by atoms with Gasteiger partial charge in [-0.05, 0) is 36.4 Å². The molecule has 3 amide bonds. The van der Waals surface area contributed by atoms with Crippen LogP contribution in [-0.2, 0) is 9.59 Å². The fourth-order valence-electron chi connectivity index (χ4n) is 4.42. The number of aromatic nitrogens is 3. The molecule has 10 heteroatoms. The summed E-state index contributed by atoms with van der Waals surface area (Å²) >= 11 is 6.05. The summed E-state index contributed by atoms with van der Waals surface area (Å²) in [6.45, 7) is 2.03. The lowest BCUT2D eigenvalue weighted by Gasteiger charge is -2.35. The van der Waals surface area contributed by atoms with E-state index in [1.807, 2.05) is 18.2 Å². The minimum absolute atomic E-state index is 0.0506. The summed E-state index contributed by atoms with van der Waals surface area (Å²) in [6.07, 6.45) is 3.55. The van der Waals surface area contributed by atoms with Crippen LogP contribution in [0.4, 0.5) is 5.69 Å². The van der Waals surface area contributed by atoms with E-state index in [2.05, 4.69) is 15.2 Å². The van der Waals surface area contributed by atoms with Gasteiger partial charge in [0.2, 0.25) is 11.8 Å².